The zero-order valence-electron chi connectivity index (χ0n) is 13.5. The Morgan fingerprint density at radius 2 is 2.04 bits per heavy atom. The normalized spacial score (nSPS) is 12.4. The Kier molecular flexibility index (Phi) is 4.44. The first-order valence-corrected chi connectivity index (χ1v) is 9.43. The van der Waals surface area contributed by atoms with E-state index >= 15 is 0 Å². The van der Waals surface area contributed by atoms with E-state index < -0.39 is 23.0 Å². The van der Waals surface area contributed by atoms with E-state index in [0.717, 1.165) is 31.8 Å². The summed E-state index contributed by atoms with van der Waals surface area (Å²) < 4.78 is 41.8. The zero-order valence-corrected chi connectivity index (χ0v) is 15.2. The van der Waals surface area contributed by atoms with Crippen LogP contribution in [0.25, 0.3) is 15.3 Å². The van der Waals surface area contributed by atoms with Crippen molar-refractivity contribution in [2.75, 3.05) is 0 Å². The largest absolute Gasteiger partial charge is 0.433 e. The third kappa shape index (κ3) is 3.45. The molecule has 1 N–H and O–H groups in total. The summed E-state index contributed by atoms with van der Waals surface area (Å²) in [4.78, 5) is 21.8. The lowest BCUT2D eigenvalue weighted by Crippen LogP contribution is -2.17. The molecule has 3 heterocycles. The van der Waals surface area contributed by atoms with E-state index in [1.54, 1.807) is 24.3 Å². The standard InChI is InChI=1S/C17H11F3N4OS2/c18-17(19,20)14-11(9-21-8-10-4-3-7-26-10)15(25)24(23-14)16-22-12-5-1-2-6-13(12)27-16/h1-7,9,23H,8H2. The van der Waals surface area contributed by atoms with Gasteiger partial charge in [-0.1, -0.05) is 29.5 Å². The number of thiophene rings is 1. The molecular weight excluding hydrogens is 397 g/mol. The molecule has 0 radical (unpaired) electrons. The number of halogens is 3. The molecule has 0 fully saturated rings. The molecule has 0 aliphatic carbocycles. The van der Waals surface area contributed by atoms with Crippen LogP contribution in [0.15, 0.2) is 51.6 Å². The maximum Gasteiger partial charge on any atom is 0.433 e. The molecule has 0 atom stereocenters. The molecule has 5 nitrogen and oxygen atoms in total. The van der Waals surface area contributed by atoms with Crippen molar-refractivity contribution in [1.82, 2.24) is 14.8 Å². The van der Waals surface area contributed by atoms with Gasteiger partial charge in [0.25, 0.3) is 5.56 Å². The van der Waals surface area contributed by atoms with E-state index in [1.807, 2.05) is 17.5 Å². The second kappa shape index (κ2) is 6.78. The second-order valence-electron chi connectivity index (χ2n) is 5.55. The highest BCUT2D eigenvalue weighted by atomic mass is 32.1. The summed E-state index contributed by atoms with van der Waals surface area (Å²) in [5.74, 6) is 0. The van der Waals surface area contributed by atoms with Crippen molar-refractivity contribution in [2.45, 2.75) is 12.7 Å². The third-order valence-corrected chi connectivity index (χ3v) is 5.61. The lowest BCUT2D eigenvalue weighted by Gasteiger charge is -2.03. The fourth-order valence-corrected chi connectivity index (χ4v) is 4.07. The molecule has 4 aromatic rings. The average Bonchev–Trinajstić information content (AvgIpc) is 3.33. The van der Waals surface area contributed by atoms with Crippen LogP contribution in [0.5, 0.6) is 0 Å². The fraction of sp³-hybridized carbons (Fsp3) is 0.118. The van der Waals surface area contributed by atoms with Crippen LogP contribution < -0.4 is 5.56 Å². The summed E-state index contributed by atoms with van der Waals surface area (Å²) in [6, 6.07) is 10.7. The number of H-pyrrole nitrogens is 1. The lowest BCUT2D eigenvalue weighted by molar-refractivity contribution is -0.141. The van der Waals surface area contributed by atoms with Crippen molar-refractivity contribution in [3.63, 3.8) is 0 Å². The number of para-hydroxylation sites is 1. The molecule has 0 unspecified atom stereocenters. The number of aromatic nitrogens is 3. The van der Waals surface area contributed by atoms with Gasteiger partial charge in [0, 0.05) is 11.1 Å². The van der Waals surface area contributed by atoms with E-state index in [2.05, 4.69) is 15.1 Å². The predicted octanol–water partition coefficient (Wildman–Crippen LogP) is 4.47. The number of benzene rings is 1. The van der Waals surface area contributed by atoms with Crippen LogP contribution in [-0.2, 0) is 12.7 Å². The predicted molar refractivity (Wildman–Crippen MR) is 100 cm³/mol. The topological polar surface area (TPSA) is 63.0 Å². The molecule has 3 aromatic heterocycles. The Bertz CT molecular complexity index is 1140. The monoisotopic (exact) mass is 408 g/mol. The van der Waals surface area contributed by atoms with Gasteiger partial charge in [0.1, 0.15) is 0 Å². The molecule has 27 heavy (non-hydrogen) atoms. The minimum atomic E-state index is -4.72. The number of hydrogen-bond donors (Lipinski definition) is 1. The molecule has 0 saturated carbocycles. The van der Waals surface area contributed by atoms with E-state index in [-0.39, 0.29) is 11.7 Å². The van der Waals surface area contributed by atoms with Crippen LogP contribution in [0.2, 0.25) is 0 Å². The van der Waals surface area contributed by atoms with Crippen LogP contribution in [0.1, 0.15) is 16.1 Å². The summed E-state index contributed by atoms with van der Waals surface area (Å²) >= 11 is 2.57. The van der Waals surface area contributed by atoms with Crippen molar-refractivity contribution < 1.29 is 13.2 Å². The van der Waals surface area contributed by atoms with Gasteiger partial charge in [-0.05, 0) is 23.6 Å². The molecule has 0 amide bonds. The first-order chi connectivity index (χ1) is 12.9. The van der Waals surface area contributed by atoms with E-state index in [4.69, 9.17) is 0 Å². The molecule has 0 bridgehead atoms. The minimum absolute atomic E-state index is 0.143. The average molecular weight is 408 g/mol. The Morgan fingerprint density at radius 1 is 1.22 bits per heavy atom. The van der Waals surface area contributed by atoms with Gasteiger partial charge in [-0.2, -0.15) is 17.9 Å². The van der Waals surface area contributed by atoms with Gasteiger partial charge in [0.15, 0.2) is 5.69 Å². The summed E-state index contributed by atoms with van der Waals surface area (Å²) in [6.45, 7) is 0.209. The highest BCUT2D eigenvalue weighted by Gasteiger charge is 2.38. The first-order valence-electron chi connectivity index (χ1n) is 7.74. The van der Waals surface area contributed by atoms with Crippen molar-refractivity contribution in [1.29, 1.82) is 0 Å². The molecule has 0 saturated heterocycles. The maximum atomic E-state index is 13.4. The van der Waals surface area contributed by atoms with E-state index in [9.17, 15) is 18.0 Å². The lowest BCUT2D eigenvalue weighted by atomic mass is 10.2. The number of fused-ring (bicyclic) bond motifs is 1. The highest BCUT2D eigenvalue weighted by Crippen LogP contribution is 2.30. The van der Waals surface area contributed by atoms with Gasteiger partial charge < -0.3 is 0 Å². The van der Waals surface area contributed by atoms with Gasteiger partial charge in [-0.15, -0.1) is 11.3 Å². The van der Waals surface area contributed by atoms with Gasteiger partial charge >= 0.3 is 6.18 Å². The van der Waals surface area contributed by atoms with Gasteiger partial charge in [-0.3, -0.25) is 14.9 Å². The van der Waals surface area contributed by atoms with Crippen LogP contribution in [0, 0.1) is 0 Å². The van der Waals surface area contributed by atoms with Crippen molar-refractivity contribution in [2.24, 2.45) is 4.99 Å². The number of nitrogens with zero attached hydrogens (tertiary/aromatic N) is 3. The second-order valence-corrected chi connectivity index (χ2v) is 7.59. The smallest absolute Gasteiger partial charge is 0.287 e. The Hall–Kier alpha value is -2.72. The summed E-state index contributed by atoms with van der Waals surface area (Å²) in [5, 5.41) is 4.14. The molecule has 0 aliphatic rings. The number of rotatable bonds is 4. The third-order valence-electron chi connectivity index (χ3n) is 3.73. The van der Waals surface area contributed by atoms with Crippen LogP contribution in [-0.4, -0.2) is 21.0 Å². The first kappa shape index (κ1) is 17.7. The highest BCUT2D eigenvalue weighted by molar-refractivity contribution is 7.20. The SMILES string of the molecule is O=c1c(C=NCc2cccs2)c(C(F)(F)F)[nH]n1-c1nc2ccccc2s1. The molecule has 138 valence electrons. The van der Waals surface area contributed by atoms with Crippen molar-refractivity contribution in [3.8, 4) is 5.13 Å². The van der Waals surface area contributed by atoms with Crippen LogP contribution in [0.4, 0.5) is 13.2 Å². The number of nitrogens with one attached hydrogen (secondary N) is 1. The van der Waals surface area contributed by atoms with Crippen molar-refractivity contribution in [3.05, 3.63) is 68.3 Å². The quantitative estimate of drug-likeness (QED) is 0.506. The number of alkyl halides is 3. The number of hydrogen-bond acceptors (Lipinski definition) is 5. The number of aliphatic imine (C=N–C) groups is 1. The maximum absolute atomic E-state index is 13.4. The Labute approximate surface area is 158 Å². The number of thiazole rings is 1. The zero-order chi connectivity index (χ0) is 19.0. The van der Waals surface area contributed by atoms with E-state index in [1.165, 1.54) is 11.3 Å². The minimum Gasteiger partial charge on any atom is -0.287 e. The van der Waals surface area contributed by atoms with Gasteiger partial charge in [0.05, 0.1) is 22.3 Å². The molecule has 1 aromatic carbocycles. The Morgan fingerprint density at radius 3 is 2.74 bits per heavy atom. The summed E-state index contributed by atoms with van der Waals surface area (Å²) in [5.41, 5.74) is -1.89. The molecule has 0 aliphatic heterocycles. The molecular formula is C17H11F3N4OS2. The summed E-state index contributed by atoms with van der Waals surface area (Å²) in [6.07, 6.45) is -3.74. The van der Waals surface area contributed by atoms with Crippen LogP contribution in [0.3, 0.4) is 0 Å². The molecule has 10 heteroatoms. The molecule has 0 spiro atoms. The van der Waals surface area contributed by atoms with Crippen LogP contribution >= 0.6 is 22.7 Å². The fourth-order valence-electron chi connectivity index (χ4n) is 2.51. The van der Waals surface area contributed by atoms with Gasteiger partial charge in [-0.25, -0.2) is 4.98 Å². The van der Waals surface area contributed by atoms with Gasteiger partial charge in [0.2, 0.25) is 5.13 Å². The van der Waals surface area contributed by atoms with E-state index in [0.29, 0.717) is 5.52 Å². The van der Waals surface area contributed by atoms with Crippen molar-refractivity contribution >= 4 is 39.1 Å². The summed E-state index contributed by atoms with van der Waals surface area (Å²) in [7, 11) is 0. The number of aromatic amines is 1. The molecule has 4 rings (SSSR count). The Balaban J connectivity index is 1.78.